The summed E-state index contributed by atoms with van der Waals surface area (Å²) in [5.74, 6) is -0.239. The molecule has 1 aliphatic rings. The first-order valence-corrected chi connectivity index (χ1v) is 4.43. The van der Waals surface area contributed by atoms with Gasteiger partial charge in [-0.05, 0) is 31.0 Å². The molecule has 12 heavy (non-hydrogen) atoms. The normalized spacial score (nSPS) is 24.2. The Hall–Kier alpha value is -0.830. The van der Waals surface area contributed by atoms with Crippen molar-refractivity contribution in [2.24, 2.45) is 0 Å². The second kappa shape index (κ2) is 3.27. The van der Waals surface area contributed by atoms with Crippen LogP contribution in [0.1, 0.15) is 30.9 Å². The van der Waals surface area contributed by atoms with Gasteiger partial charge in [0, 0.05) is 12.2 Å². The predicted octanol–water partition coefficient (Wildman–Crippen LogP) is 1.97. The number of H-pyrrole nitrogens is 1. The second-order valence-corrected chi connectivity index (χ2v) is 3.28. The van der Waals surface area contributed by atoms with E-state index < -0.39 is 0 Å². The molecule has 0 amide bonds. The van der Waals surface area contributed by atoms with Crippen molar-refractivity contribution in [1.82, 2.24) is 10.3 Å². The Morgan fingerprint density at radius 1 is 1.42 bits per heavy atom. The summed E-state index contributed by atoms with van der Waals surface area (Å²) in [6.45, 7) is 1.05. The van der Waals surface area contributed by atoms with E-state index in [1.165, 1.54) is 12.8 Å². The molecule has 1 fully saturated rings. The third kappa shape index (κ3) is 1.50. The molecule has 1 aromatic heterocycles. The van der Waals surface area contributed by atoms with Crippen LogP contribution < -0.4 is 5.32 Å². The maximum absolute atomic E-state index is 12.6. The van der Waals surface area contributed by atoms with Gasteiger partial charge in [-0.3, -0.25) is 0 Å². The van der Waals surface area contributed by atoms with Crippen LogP contribution in [0.4, 0.5) is 4.39 Å². The highest BCUT2D eigenvalue weighted by atomic mass is 19.1. The molecule has 0 aromatic carbocycles. The zero-order chi connectivity index (χ0) is 8.39. The van der Waals surface area contributed by atoms with E-state index in [0.717, 1.165) is 18.5 Å². The lowest BCUT2D eigenvalue weighted by Crippen LogP contribution is -2.26. The van der Waals surface area contributed by atoms with Gasteiger partial charge < -0.3 is 10.3 Å². The lowest BCUT2D eigenvalue weighted by molar-refractivity contribution is 0.412. The van der Waals surface area contributed by atoms with Gasteiger partial charge in [-0.15, -0.1) is 0 Å². The molecular formula is C9H13FN2. The molecule has 0 saturated carbocycles. The Morgan fingerprint density at radius 3 is 2.92 bits per heavy atom. The summed E-state index contributed by atoms with van der Waals surface area (Å²) < 4.78 is 12.6. The highest BCUT2D eigenvalue weighted by molar-refractivity contribution is 5.15. The van der Waals surface area contributed by atoms with E-state index in [1.54, 1.807) is 12.3 Å². The monoisotopic (exact) mass is 168 g/mol. The van der Waals surface area contributed by atoms with Crippen LogP contribution in [-0.4, -0.2) is 11.5 Å². The number of halogens is 1. The minimum atomic E-state index is -0.239. The molecule has 1 saturated heterocycles. The van der Waals surface area contributed by atoms with Gasteiger partial charge >= 0.3 is 0 Å². The SMILES string of the molecule is Fc1cc([C@@H]2CCCCN2)c[nH]1. The first kappa shape index (κ1) is 7.80. The van der Waals surface area contributed by atoms with E-state index in [2.05, 4.69) is 10.3 Å². The lowest BCUT2D eigenvalue weighted by Gasteiger charge is -2.22. The minimum absolute atomic E-state index is 0.239. The van der Waals surface area contributed by atoms with Gasteiger partial charge in [-0.1, -0.05) is 6.42 Å². The second-order valence-electron chi connectivity index (χ2n) is 3.28. The summed E-state index contributed by atoms with van der Waals surface area (Å²) in [7, 11) is 0. The van der Waals surface area contributed by atoms with Crippen LogP contribution in [0.3, 0.4) is 0 Å². The van der Waals surface area contributed by atoms with Crippen LogP contribution in [0.15, 0.2) is 12.3 Å². The molecule has 3 heteroatoms. The van der Waals surface area contributed by atoms with Crippen LogP contribution in [0.5, 0.6) is 0 Å². The molecule has 2 heterocycles. The quantitative estimate of drug-likeness (QED) is 0.659. The van der Waals surface area contributed by atoms with Crippen molar-refractivity contribution >= 4 is 0 Å². The summed E-state index contributed by atoms with van der Waals surface area (Å²) in [6, 6.07) is 1.93. The van der Waals surface area contributed by atoms with Gasteiger partial charge in [0.1, 0.15) is 0 Å². The van der Waals surface area contributed by atoms with Crippen molar-refractivity contribution in [3.8, 4) is 0 Å². The third-order valence-corrected chi connectivity index (χ3v) is 2.38. The number of hydrogen-bond acceptors (Lipinski definition) is 1. The third-order valence-electron chi connectivity index (χ3n) is 2.38. The molecule has 1 aromatic rings. The summed E-state index contributed by atoms with van der Waals surface area (Å²) in [4.78, 5) is 2.56. The molecule has 2 N–H and O–H groups in total. The Balaban J connectivity index is 2.08. The Kier molecular flexibility index (Phi) is 2.13. The number of nitrogens with one attached hydrogen (secondary N) is 2. The van der Waals surface area contributed by atoms with E-state index in [0.29, 0.717) is 6.04 Å². The van der Waals surface area contributed by atoms with E-state index >= 15 is 0 Å². The molecule has 0 aliphatic carbocycles. The minimum Gasteiger partial charge on any atom is -0.338 e. The first-order chi connectivity index (χ1) is 5.86. The smallest absolute Gasteiger partial charge is 0.191 e. The Bertz CT molecular complexity index is 251. The average Bonchev–Trinajstić information content (AvgIpc) is 2.54. The number of aromatic nitrogens is 1. The summed E-state index contributed by atoms with van der Waals surface area (Å²) >= 11 is 0. The van der Waals surface area contributed by atoms with Crippen molar-refractivity contribution in [2.75, 3.05) is 6.54 Å². The van der Waals surface area contributed by atoms with E-state index in [4.69, 9.17) is 0 Å². The van der Waals surface area contributed by atoms with E-state index in [1.807, 2.05) is 0 Å². The molecule has 1 aliphatic heterocycles. The van der Waals surface area contributed by atoms with Gasteiger partial charge in [-0.25, -0.2) is 0 Å². The number of rotatable bonds is 1. The number of hydrogen-bond donors (Lipinski definition) is 2. The number of piperidine rings is 1. The van der Waals surface area contributed by atoms with Gasteiger partial charge in [-0.2, -0.15) is 4.39 Å². The van der Waals surface area contributed by atoms with Gasteiger partial charge in [0.05, 0.1) is 0 Å². The molecule has 0 spiro atoms. The molecule has 0 unspecified atom stereocenters. The average molecular weight is 168 g/mol. The van der Waals surface area contributed by atoms with Crippen LogP contribution in [-0.2, 0) is 0 Å². The molecular weight excluding hydrogens is 155 g/mol. The van der Waals surface area contributed by atoms with Crippen LogP contribution in [0, 0.1) is 5.95 Å². The molecule has 0 radical (unpaired) electrons. The molecule has 2 rings (SSSR count). The van der Waals surface area contributed by atoms with Crippen molar-refractivity contribution in [3.05, 3.63) is 23.8 Å². The lowest BCUT2D eigenvalue weighted by atomic mass is 10.0. The van der Waals surface area contributed by atoms with Crippen molar-refractivity contribution in [3.63, 3.8) is 0 Å². The van der Waals surface area contributed by atoms with Crippen LogP contribution in [0.2, 0.25) is 0 Å². The maximum atomic E-state index is 12.6. The first-order valence-electron chi connectivity index (χ1n) is 4.43. The van der Waals surface area contributed by atoms with Crippen LogP contribution >= 0.6 is 0 Å². The summed E-state index contributed by atoms with van der Waals surface area (Å²) in [5, 5.41) is 3.36. The topological polar surface area (TPSA) is 27.8 Å². The molecule has 1 atom stereocenters. The fourth-order valence-electron chi connectivity index (χ4n) is 1.72. The summed E-state index contributed by atoms with van der Waals surface area (Å²) in [5.41, 5.74) is 1.05. The standard InChI is InChI=1S/C9H13FN2/c10-9-5-7(6-12-9)8-3-1-2-4-11-8/h5-6,8,11-12H,1-4H2/t8-/m0/s1. The van der Waals surface area contributed by atoms with E-state index in [9.17, 15) is 4.39 Å². The van der Waals surface area contributed by atoms with Gasteiger partial charge in [0.2, 0.25) is 0 Å². The van der Waals surface area contributed by atoms with Gasteiger partial charge in [0.15, 0.2) is 5.95 Å². The van der Waals surface area contributed by atoms with Crippen molar-refractivity contribution < 1.29 is 4.39 Å². The van der Waals surface area contributed by atoms with Gasteiger partial charge in [0.25, 0.3) is 0 Å². The summed E-state index contributed by atoms with van der Waals surface area (Å²) in [6.07, 6.45) is 5.35. The Labute approximate surface area is 71.2 Å². The maximum Gasteiger partial charge on any atom is 0.191 e. The highest BCUT2D eigenvalue weighted by Gasteiger charge is 2.15. The van der Waals surface area contributed by atoms with Crippen LogP contribution in [0.25, 0.3) is 0 Å². The van der Waals surface area contributed by atoms with Crippen molar-refractivity contribution in [1.29, 1.82) is 0 Å². The Morgan fingerprint density at radius 2 is 2.33 bits per heavy atom. The zero-order valence-electron chi connectivity index (χ0n) is 6.94. The van der Waals surface area contributed by atoms with Crippen molar-refractivity contribution in [2.45, 2.75) is 25.3 Å². The molecule has 0 bridgehead atoms. The number of aromatic amines is 1. The van der Waals surface area contributed by atoms with E-state index in [-0.39, 0.29) is 5.95 Å². The molecule has 2 nitrogen and oxygen atoms in total. The predicted molar refractivity (Wildman–Crippen MR) is 45.3 cm³/mol. The largest absolute Gasteiger partial charge is 0.338 e. The highest BCUT2D eigenvalue weighted by Crippen LogP contribution is 2.22. The fourth-order valence-corrected chi connectivity index (χ4v) is 1.72. The zero-order valence-corrected chi connectivity index (χ0v) is 6.94. The fraction of sp³-hybridized carbons (Fsp3) is 0.556. The molecule has 66 valence electrons.